The summed E-state index contributed by atoms with van der Waals surface area (Å²) in [6.45, 7) is 4.27. The summed E-state index contributed by atoms with van der Waals surface area (Å²) in [5.74, 6) is 0.595. The Morgan fingerprint density at radius 1 is 1.30 bits per heavy atom. The maximum atomic E-state index is 9.96. The smallest absolute Gasteiger partial charge is 0.0900 e. The molecule has 1 saturated heterocycles. The normalized spacial score (nSPS) is 21.2. The number of hydrogen-bond acceptors (Lipinski definition) is 4. The lowest BCUT2D eigenvalue weighted by molar-refractivity contribution is 0.00200. The molecule has 0 aromatic heterocycles. The van der Waals surface area contributed by atoms with Crippen LogP contribution in [0.2, 0.25) is 0 Å². The van der Waals surface area contributed by atoms with E-state index in [0.29, 0.717) is 32.3 Å². The van der Waals surface area contributed by atoms with E-state index in [0.717, 1.165) is 13.1 Å². The lowest BCUT2D eigenvalue weighted by Gasteiger charge is -2.20. The Kier molecular flexibility index (Phi) is 6.47. The van der Waals surface area contributed by atoms with Gasteiger partial charge in [-0.25, -0.2) is 0 Å². The van der Waals surface area contributed by atoms with Gasteiger partial charge in [0.15, 0.2) is 0 Å². The predicted octanol–water partition coefficient (Wildman–Crippen LogP) is 1.50. The summed E-state index contributed by atoms with van der Waals surface area (Å²) in [6, 6.07) is 10.6. The molecule has 1 aliphatic rings. The van der Waals surface area contributed by atoms with Gasteiger partial charge in [-0.1, -0.05) is 30.3 Å². The molecule has 1 heterocycles. The molecule has 2 atom stereocenters. The molecule has 1 aliphatic heterocycles. The van der Waals surface area contributed by atoms with Crippen LogP contribution in [0.3, 0.4) is 0 Å². The molecule has 0 radical (unpaired) electrons. The molecule has 0 spiro atoms. The fourth-order valence-corrected chi connectivity index (χ4v) is 2.71. The van der Waals surface area contributed by atoms with Crippen molar-refractivity contribution in [2.75, 3.05) is 46.6 Å². The highest BCUT2D eigenvalue weighted by Crippen LogP contribution is 2.26. The number of hydrogen-bond donors (Lipinski definition) is 1. The van der Waals surface area contributed by atoms with E-state index in [9.17, 15) is 5.11 Å². The number of β-amino-alcohol motifs (C(OH)–C–C–N with tert-alkyl or cyclic N) is 1. The third-order valence-electron chi connectivity index (χ3n) is 3.75. The number of likely N-dealkylation sites (tertiary alicyclic amines) is 1. The highest BCUT2D eigenvalue weighted by molar-refractivity contribution is 5.20. The molecule has 0 bridgehead atoms. The number of aliphatic hydroxyl groups excluding tert-OH is 1. The molecule has 0 amide bonds. The molecule has 4 heteroatoms. The molecule has 0 aliphatic carbocycles. The van der Waals surface area contributed by atoms with E-state index in [1.54, 1.807) is 7.11 Å². The summed E-state index contributed by atoms with van der Waals surface area (Å²) in [5, 5.41) is 9.96. The molecule has 1 aromatic carbocycles. The largest absolute Gasteiger partial charge is 0.389 e. The third-order valence-corrected chi connectivity index (χ3v) is 3.75. The van der Waals surface area contributed by atoms with Gasteiger partial charge in [-0.15, -0.1) is 0 Å². The van der Waals surface area contributed by atoms with Gasteiger partial charge in [-0.2, -0.15) is 0 Å². The van der Waals surface area contributed by atoms with Gasteiger partial charge in [-0.3, -0.25) is 0 Å². The summed E-state index contributed by atoms with van der Waals surface area (Å²) >= 11 is 0. The summed E-state index contributed by atoms with van der Waals surface area (Å²) in [7, 11) is 1.65. The van der Waals surface area contributed by atoms with Crippen LogP contribution in [0.25, 0.3) is 0 Å². The Balaban J connectivity index is 1.68. The van der Waals surface area contributed by atoms with Crippen molar-refractivity contribution in [3.05, 3.63) is 35.9 Å². The monoisotopic (exact) mass is 279 g/mol. The Morgan fingerprint density at radius 3 is 2.85 bits per heavy atom. The Bertz CT molecular complexity index is 371. The lowest BCUT2D eigenvalue weighted by Crippen LogP contribution is -2.33. The second-order valence-corrected chi connectivity index (χ2v) is 5.38. The van der Waals surface area contributed by atoms with Gasteiger partial charge in [0.1, 0.15) is 0 Å². The van der Waals surface area contributed by atoms with E-state index in [1.807, 2.05) is 0 Å². The van der Waals surface area contributed by atoms with E-state index < -0.39 is 6.10 Å². The van der Waals surface area contributed by atoms with E-state index in [-0.39, 0.29) is 0 Å². The van der Waals surface area contributed by atoms with Crippen LogP contribution in [-0.2, 0) is 9.47 Å². The predicted molar refractivity (Wildman–Crippen MR) is 78.9 cm³/mol. The first kappa shape index (κ1) is 15.4. The fraction of sp³-hybridized carbons (Fsp3) is 0.625. The van der Waals surface area contributed by atoms with Crippen LogP contribution in [-0.4, -0.2) is 62.7 Å². The Morgan fingerprint density at radius 2 is 2.10 bits per heavy atom. The number of benzene rings is 1. The summed E-state index contributed by atoms with van der Waals surface area (Å²) in [5.41, 5.74) is 1.40. The third kappa shape index (κ3) is 4.87. The average molecular weight is 279 g/mol. The van der Waals surface area contributed by atoms with E-state index >= 15 is 0 Å². The van der Waals surface area contributed by atoms with Crippen molar-refractivity contribution in [1.29, 1.82) is 0 Å². The number of nitrogens with zero attached hydrogens (tertiary/aromatic N) is 1. The molecule has 0 saturated carbocycles. The minimum absolute atomic E-state index is 0.385. The molecule has 4 nitrogen and oxygen atoms in total. The number of aliphatic hydroxyl groups is 1. The van der Waals surface area contributed by atoms with Crippen molar-refractivity contribution < 1.29 is 14.6 Å². The highest BCUT2D eigenvalue weighted by atomic mass is 16.5. The van der Waals surface area contributed by atoms with Crippen LogP contribution >= 0.6 is 0 Å². The highest BCUT2D eigenvalue weighted by Gasteiger charge is 2.25. The van der Waals surface area contributed by atoms with Gasteiger partial charge in [0.25, 0.3) is 0 Å². The Hall–Kier alpha value is -0.940. The zero-order chi connectivity index (χ0) is 14.2. The average Bonchev–Trinajstić information content (AvgIpc) is 2.93. The SMILES string of the molecule is COCCOCC(O)CN1CCC(c2ccccc2)C1. The minimum Gasteiger partial charge on any atom is -0.389 e. The summed E-state index contributed by atoms with van der Waals surface area (Å²) < 4.78 is 10.3. The molecular weight excluding hydrogens is 254 g/mol. The van der Waals surface area contributed by atoms with E-state index in [4.69, 9.17) is 9.47 Å². The van der Waals surface area contributed by atoms with Crippen molar-refractivity contribution in [3.63, 3.8) is 0 Å². The van der Waals surface area contributed by atoms with Crippen LogP contribution in [0, 0.1) is 0 Å². The molecule has 20 heavy (non-hydrogen) atoms. The fourth-order valence-electron chi connectivity index (χ4n) is 2.71. The first-order valence-corrected chi connectivity index (χ1v) is 7.31. The number of ether oxygens (including phenoxy) is 2. The maximum Gasteiger partial charge on any atom is 0.0900 e. The van der Waals surface area contributed by atoms with Crippen LogP contribution in [0.15, 0.2) is 30.3 Å². The zero-order valence-corrected chi connectivity index (χ0v) is 12.2. The minimum atomic E-state index is -0.415. The van der Waals surface area contributed by atoms with E-state index in [2.05, 4.69) is 35.2 Å². The van der Waals surface area contributed by atoms with Crippen molar-refractivity contribution in [1.82, 2.24) is 4.90 Å². The van der Waals surface area contributed by atoms with Crippen molar-refractivity contribution in [2.45, 2.75) is 18.4 Å². The first-order chi connectivity index (χ1) is 9.79. The molecule has 1 fully saturated rings. The molecule has 1 N–H and O–H groups in total. The van der Waals surface area contributed by atoms with E-state index in [1.165, 1.54) is 12.0 Å². The zero-order valence-electron chi connectivity index (χ0n) is 12.2. The van der Waals surface area contributed by atoms with Crippen molar-refractivity contribution in [2.24, 2.45) is 0 Å². The van der Waals surface area contributed by atoms with Gasteiger partial charge < -0.3 is 19.5 Å². The van der Waals surface area contributed by atoms with Gasteiger partial charge in [0, 0.05) is 20.2 Å². The first-order valence-electron chi connectivity index (χ1n) is 7.31. The number of methoxy groups -OCH3 is 1. The van der Waals surface area contributed by atoms with Gasteiger partial charge >= 0.3 is 0 Å². The molecule has 112 valence electrons. The molecule has 1 aromatic rings. The van der Waals surface area contributed by atoms with Crippen LogP contribution in [0.1, 0.15) is 17.9 Å². The van der Waals surface area contributed by atoms with Crippen LogP contribution < -0.4 is 0 Å². The molecule has 2 unspecified atom stereocenters. The summed E-state index contributed by atoms with van der Waals surface area (Å²) in [6.07, 6.45) is 0.753. The second-order valence-electron chi connectivity index (χ2n) is 5.38. The van der Waals surface area contributed by atoms with Gasteiger partial charge in [0.2, 0.25) is 0 Å². The Labute approximate surface area is 121 Å². The van der Waals surface area contributed by atoms with Crippen LogP contribution in [0.5, 0.6) is 0 Å². The quantitative estimate of drug-likeness (QED) is 0.732. The molecular formula is C16H25NO3. The topological polar surface area (TPSA) is 41.9 Å². The standard InChI is InChI=1S/C16H25NO3/c1-19-9-10-20-13-16(18)12-17-8-7-15(11-17)14-5-3-2-4-6-14/h2-6,15-16,18H,7-13H2,1H3. The van der Waals surface area contributed by atoms with Crippen molar-refractivity contribution in [3.8, 4) is 0 Å². The number of rotatable bonds is 8. The van der Waals surface area contributed by atoms with Gasteiger partial charge in [0.05, 0.1) is 25.9 Å². The van der Waals surface area contributed by atoms with Gasteiger partial charge in [-0.05, 0) is 24.4 Å². The molecule has 2 rings (SSSR count). The lowest BCUT2D eigenvalue weighted by atomic mass is 9.99. The van der Waals surface area contributed by atoms with Crippen LogP contribution in [0.4, 0.5) is 0 Å². The summed E-state index contributed by atoms with van der Waals surface area (Å²) in [4.78, 5) is 2.32. The maximum absolute atomic E-state index is 9.96. The second kappa shape index (κ2) is 8.37. The van der Waals surface area contributed by atoms with Crippen molar-refractivity contribution >= 4 is 0 Å².